The number of rotatable bonds is 1. The summed E-state index contributed by atoms with van der Waals surface area (Å²) in [5, 5.41) is 5.64. The van der Waals surface area contributed by atoms with Crippen LogP contribution in [-0.2, 0) is 4.74 Å². The van der Waals surface area contributed by atoms with E-state index in [1.54, 1.807) is 0 Å². The molecule has 104 valence electrons. The van der Waals surface area contributed by atoms with Crippen molar-refractivity contribution in [3.05, 3.63) is 28.4 Å². The SMILES string of the molecule is CC.Cc1cc2c(cnn2C2CCCCO2)cc1Br. The molecule has 0 radical (unpaired) electrons. The first kappa shape index (κ1) is 14.5. The third-order valence-electron chi connectivity index (χ3n) is 3.30. The molecular weight excluding hydrogens is 304 g/mol. The Morgan fingerprint density at radius 1 is 1.32 bits per heavy atom. The van der Waals surface area contributed by atoms with Gasteiger partial charge in [0.1, 0.15) is 0 Å². The highest BCUT2D eigenvalue weighted by atomic mass is 79.9. The number of ether oxygens (including phenoxy) is 1. The summed E-state index contributed by atoms with van der Waals surface area (Å²) in [5.41, 5.74) is 2.40. The van der Waals surface area contributed by atoms with E-state index in [1.165, 1.54) is 18.4 Å². The number of hydrogen-bond donors (Lipinski definition) is 0. The highest BCUT2D eigenvalue weighted by Gasteiger charge is 2.18. The second-order valence-electron chi connectivity index (χ2n) is 4.57. The lowest BCUT2D eigenvalue weighted by molar-refractivity contribution is -0.0366. The molecule has 1 aromatic heterocycles. The van der Waals surface area contributed by atoms with Crippen LogP contribution >= 0.6 is 15.9 Å². The van der Waals surface area contributed by atoms with Crippen molar-refractivity contribution in [3.63, 3.8) is 0 Å². The molecule has 1 aliphatic rings. The zero-order valence-corrected chi connectivity index (χ0v) is 13.4. The van der Waals surface area contributed by atoms with Crippen molar-refractivity contribution in [1.82, 2.24) is 9.78 Å². The average Bonchev–Trinajstić information content (AvgIpc) is 2.85. The molecule has 0 spiro atoms. The Morgan fingerprint density at radius 3 is 2.79 bits per heavy atom. The van der Waals surface area contributed by atoms with Crippen molar-refractivity contribution in [2.24, 2.45) is 0 Å². The average molecular weight is 325 g/mol. The predicted molar refractivity (Wildman–Crippen MR) is 82.4 cm³/mol. The molecule has 1 aromatic carbocycles. The quantitative estimate of drug-likeness (QED) is 0.751. The van der Waals surface area contributed by atoms with Gasteiger partial charge in [0.05, 0.1) is 11.7 Å². The molecule has 0 N–H and O–H groups in total. The lowest BCUT2D eigenvalue weighted by Gasteiger charge is -2.23. The van der Waals surface area contributed by atoms with Crippen LogP contribution in [0.5, 0.6) is 0 Å². The van der Waals surface area contributed by atoms with Gasteiger partial charge >= 0.3 is 0 Å². The van der Waals surface area contributed by atoms with E-state index in [0.717, 1.165) is 28.4 Å². The number of aromatic nitrogens is 2. The number of hydrogen-bond acceptors (Lipinski definition) is 2. The molecule has 1 saturated heterocycles. The highest BCUT2D eigenvalue weighted by molar-refractivity contribution is 9.10. The molecular formula is C15H21BrN2O. The van der Waals surface area contributed by atoms with Gasteiger partial charge in [-0.2, -0.15) is 5.10 Å². The van der Waals surface area contributed by atoms with E-state index < -0.39 is 0 Å². The lowest BCUT2D eigenvalue weighted by Crippen LogP contribution is -2.18. The number of aryl methyl sites for hydroxylation is 1. The molecule has 0 bridgehead atoms. The fourth-order valence-corrected chi connectivity index (χ4v) is 2.68. The minimum Gasteiger partial charge on any atom is -0.356 e. The van der Waals surface area contributed by atoms with E-state index in [9.17, 15) is 0 Å². The van der Waals surface area contributed by atoms with Gasteiger partial charge in [0.15, 0.2) is 6.23 Å². The van der Waals surface area contributed by atoms with Crippen LogP contribution in [0.15, 0.2) is 22.8 Å². The van der Waals surface area contributed by atoms with Crippen LogP contribution < -0.4 is 0 Å². The summed E-state index contributed by atoms with van der Waals surface area (Å²) < 4.78 is 8.94. The summed E-state index contributed by atoms with van der Waals surface area (Å²) in [5.74, 6) is 0. The van der Waals surface area contributed by atoms with Gasteiger partial charge in [-0.15, -0.1) is 0 Å². The number of nitrogens with zero attached hydrogens (tertiary/aromatic N) is 2. The molecule has 3 rings (SSSR count). The van der Waals surface area contributed by atoms with Crippen LogP contribution in [0.4, 0.5) is 0 Å². The summed E-state index contributed by atoms with van der Waals surface area (Å²) in [6.07, 6.45) is 5.48. The second kappa shape index (κ2) is 6.53. The summed E-state index contributed by atoms with van der Waals surface area (Å²) in [6, 6.07) is 4.29. The monoisotopic (exact) mass is 324 g/mol. The topological polar surface area (TPSA) is 27.1 Å². The summed E-state index contributed by atoms with van der Waals surface area (Å²) >= 11 is 3.55. The van der Waals surface area contributed by atoms with Crippen LogP contribution in [0.2, 0.25) is 0 Å². The Bertz CT molecular complexity index is 544. The standard InChI is InChI=1S/C13H15BrN2O.C2H6/c1-9-6-12-10(7-11(9)14)8-15-16(12)13-4-2-3-5-17-13;1-2/h6-8,13H,2-5H2,1H3;1-2H3. The first-order chi connectivity index (χ1) is 9.25. The number of benzene rings is 1. The van der Waals surface area contributed by atoms with Crippen molar-refractivity contribution in [2.75, 3.05) is 6.61 Å². The van der Waals surface area contributed by atoms with Gasteiger partial charge in [0, 0.05) is 16.5 Å². The molecule has 19 heavy (non-hydrogen) atoms. The van der Waals surface area contributed by atoms with Crippen LogP contribution in [0.3, 0.4) is 0 Å². The fourth-order valence-electron chi connectivity index (χ4n) is 2.32. The normalized spacial score (nSPS) is 19.1. The lowest BCUT2D eigenvalue weighted by atomic mass is 10.1. The molecule has 1 fully saturated rings. The van der Waals surface area contributed by atoms with Gasteiger partial charge in [-0.1, -0.05) is 29.8 Å². The zero-order chi connectivity index (χ0) is 13.8. The molecule has 1 atom stereocenters. The van der Waals surface area contributed by atoms with Crippen molar-refractivity contribution in [1.29, 1.82) is 0 Å². The van der Waals surface area contributed by atoms with Crippen LogP contribution in [0.25, 0.3) is 10.9 Å². The molecule has 0 aliphatic carbocycles. The maximum atomic E-state index is 5.79. The first-order valence-electron chi connectivity index (χ1n) is 7.00. The number of halogens is 1. The molecule has 1 unspecified atom stereocenters. The minimum absolute atomic E-state index is 0.113. The molecule has 2 heterocycles. The van der Waals surface area contributed by atoms with Crippen LogP contribution in [0.1, 0.15) is 44.9 Å². The van der Waals surface area contributed by atoms with E-state index in [2.05, 4.69) is 40.1 Å². The van der Waals surface area contributed by atoms with Gasteiger partial charge in [0.25, 0.3) is 0 Å². The molecule has 4 heteroatoms. The van der Waals surface area contributed by atoms with Crippen molar-refractivity contribution in [2.45, 2.75) is 46.3 Å². The van der Waals surface area contributed by atoms with E-state index in [1.807, 2.05) is 24.7 Å². The van der Waals surface area contributed by atoms with E-state index in [4.69, 9.17) is 4.74 Å². The zero-order valence-electron chi connectivity index (χ0n) is 11.8. The minimum atomic E-state index is 0.113. The summed E-state index contributed by atoms with van der Waals surface area (Å²) in [4.78, 5) is 0. The van der Waals surface area contributed by atoms with Crippen molar-refractivity contribution >= 4 is 26.8 Å². The predicted octanol–water partition coefficient (Wildman–Crippen LogP) is 4.83. The third kappa shape index (κ3) is 3.00. The molecule has 3 nitrogen and oxygen atoms in total. The van der Waals surface area contributed by atoms with Gasteiger partial charge in [-0.25, -0.2) is 4.68 Å². The molecule has 2 aromatic rings. The van der Waals surface area contributed by atoms with E-state index >= 15 is 0 Å². The van der Waals surface area contributed by atoms with Gasteiger partial charge < -0.3 is 4.74 Å². The molecule has 0 amide bonds. The molecule has 0 saturated carbocycles. The van der Waals surface area contributed by atoms with Crippen molar-refractivity contribution in [3.8, 4) is 0 Å². The van der Waals surface area contributed by atoms with Crippen LogP contribution in [0, 0.1) is 6.92 Å². The largest absolute Gasteiger partial charge is 0.356 e. The second-order valence-corrected chi connectivity index (χ2v) is 5.42. The third-order valence-corrected chi connectivity index (χ3v) is 4.16. The summed E-state index contributed by atoms with van der Waals surface area (Å²) in [7, 11) is 0. The maximum absolute atomic E-state index is 5.79. The van der Waals surface area contributed by atoms with Gasteiger partial charge in [-0.05, 0) is 43.9 Å². The van der Waals surface area contributed by atoms with Gasteiger partial charge in [-0.3, -0.25) is 0 Å². The Hall–Kier alpha value is -0.870. The van der Waals surface area contributed by atoms with E-state index in [-0.39, 0.29) is 6.23 Å². The molecule has 1 aliphatic heterocycles. The Morgan fingerprint density at radius 2 is 2.11 bits per heavy atom. The smallest absolute Gasteiger partial charge is 0.150 e. The Balaban J connectivity index is 0.000000637. The summed E-state index contributed by atoms with van der Waals surface area (Å²) in [6.45, 7) is 6.95. The van der Waals surface area contributed by atoms with Crippen molar-refractivity contribution < 1.29 is 4.74 Å². The van der Waals surface area contributed by atoms with E-state index in [0.29, 0.717) is 0 Å². The Kier molecular flexibility index (Phi) is 4.99. The fraction of sp³-hybridized carbons (Fsp3) is 0.533. The highest BCUT2D eigenvalue weighted by Crippen LogP contribution is 2.29. The van der Waals surface area contributed by atoms with Crippen LogP contribution in [-0.4, -0.2) is 16.4 Å². The maximum Gasteiger partial charge on any atom is 0.150 e. The number of fused-ring (bicyclic) bond motifs is 1. The van der Waals surface area contributed by atoms with Gasteiger partial charge in [0.2, 0.25) is 0 Å². The first-order valence-corrected chi connectivity index (χ1v) is 7.80. The Labute approximate surface area is 123 Å².